The highest BCUT2D eigenvalue weighted by Gasteiger charge is 2.26. The highest BCUT2D eigenvalue weighted by atomic mass is 32.1. The number of aliphatic carboxylic acids is 1. The molecule has 0 saturated carbocycles. The van der Waals surface area contributed by atoms with Crippen molar-refractivity contribution in [1.29, 1.82) is 0 Å². The van der Waals surface area contributed by atoms with Crippen LogP contribution in [0.2, 0.25) is 0 Å². The summed E-state index contributed by atoms with van der Waals surface area (Å²) in [5, 5.41) is 12.8. The smallest absolute Gasteiger partial charge is 0.330 e. The van der Waals surface area contributed by atoms with Gasteiger partial charge in [-0.3, -0.25) is 4.79 Å². The Hall–Kier alpha value is -2.45. The summed E-state index contributed by atoms with van der Waals surface area (Å²) in [5.74, 6) is -0.810. The van der Waals surface area contributed by atoms with Crippen LogP contribution in [0, 0.1) is 6.92 Å². The van der Waals surface area contributed by atoms with E-state index in [9.17, 15) is 14.7 Å². The molecule has 132 valence electrons. The molecular formula is C17H18N2O5S. The minimum atomic E-state index is -1.13. The van der Waals surface area contributed by atoms with Gasteiger partial charge in [0, 0.05) is 13.5 Å². The number of methoxy groups -OCH3 is 1. The van der Waals surface area contributed by atoms with Gasteiger partial charge in [-0.1, -0.05) is 6.07 Å². The standard InChI is InChI=1S/C17H18N2O5S/c1-9-15(25-13(18-9)8-23-2)16(20)19-14(17(21)22)11-3-4-12-10(7-11)5-6-24-12/h3-4,7,14H,5-6,8H2,1-2H3,(H,19,20)(H,21,22). The third-order valence-corrected chi connectivity index (χ3v) is 5.01. The minimum Gasteiger partial charge on any atom is -0.493 e. The molecule has 2 heterocycles. The molecule has 8 heteroatoms. The van der Waals surface area contributed by atoms with Gasteiger partial charge in [-0.15, -0.1) is 11.3 Å². The molecule has 25 heavy (non-hydrogen) atoms. The predicted molar refractivity (Wildman–Crippen MR) is 91.0 cm³/mol. The summed E-state index contributed by atoms with van der Waals surface area (Å²) in [6.45, 7) is 2.62. The van der Waals surface area contributed by atoms with Gasteiger partial charge >= 0.3 is 5.97 Å². The number of carboxylic acid groups (broad SMARTS) is 1. The topological polar surface area (TPSA) is 97.8 Å². The average molecular weight is 362 g/mol. The van der Waals surface area contributed by atoms with Crippen LogP contribution >= 0.6 is 11.3 Å². The second kappa shape index (κ2) is 7.20. The van der Waals surface area contributed by atoms with E-state index in [0.29, 0.717) is 34.4 Å². The second-order valence-electron chi connectivity index (χ2n) is 5.67. The number of aromatic nitrogens is 1. The number of hydrogen-bond acceptors (Lipinski definition) is 6. The molecule has 1 aliphatic heterocycles. The van der Waals surface area contributed by atoms with E-state index in [1.807, 2.05) is 0 Å². The fourth-order valence-corrected chi connectivity index (χ4v) is 3.66. The number of rotatable bonds is 6. The lowest BCUT2D eigenvalue weighted by Crippen LogP contribution is -2.33. The van der Waals surface area contributed by atoms with Crippen molar-refractivity contribution in [1.82, 2.24) is 10.3 Å². The zero-order valence-electron chi connectivity index (χ0n) is 13.9. The molecule has 0 spiro atoms. The molecule has 0 aliphatic carbocycles. The van der Waals surface area contributed by atoms with E-state index in [1.54, 1.807) is 32.2 Å². The largest absolute Gasteiger partial charge is 0.493 e. The number of carbonyl (C=O) groups is 2. The molecule has 2 aromatic rings. The molecule has 1 unspecified atom stereocenters. The third kappa shape index (κ3) is 3.64. The summed E-state index contributed by atoms with van der Waals surface area (Å²) in [6, 6.07) is 4.05. The van der Waals surface area contributed by atoms with E-state index < -0.39 is 17.9 Å². The number of carboxylic acids is 1. The van der Waals surface area contributed by atoms with Crippen LogP contribution in [-0.4, -0.2) is 35.7 Å². The summed E-state index contributed by atoms with van der Waals surface area (Å²) >= 11 is 1.20. The quantitative estimate of drug-likeness (QED) is 0.817. The van der Waals surface area contributed by atoms with Crippen LogP contribution in [0.25, 0.3) is 0 Å². The summed E-state index contributed by atoms with van der Waals surface area (Å²) in [5.41, 5.74) is 2.03. The first-order valence-electron chi connectivity index (χ1n) is 7.74. The van der Waals surface area contributed by atoms with Gasteiger partial charge in [0.2, 0.25) is 0 Å². The Morgan fingerprint density at radius 3 is 3.00 bits per heavy atom. The Morgan fingerprint density at radius 2 is 2.28 bits per heavy atom. The fraction of sp³-hybridized carbons (Fsp3) is 0.353. The summed E-state index contributed by atoms with van der Waals surface area (Å²) in [4.78, 5) is 28.9. The molecule has 3 rings (SSSR count). The van der Waals surface area contributed by atoms with Gasteiger partial charge in [0.15, 0.2) is 6.04 Å². The zero-order valence-corrected chi connectivity index (χ0v) is 14.7. The maximum absolute atomic E-state index is 12.5. The molecule has 0 fully saturated rings. The molecule has 1 atom stereocenters. The Labute approximate surface area is 148 Å². The van der Waals surface area contributed by atoms with Crippen molar-refractivity contribution >= 4 is 23.2 Å². The first-order chi connectivity index (χ1) is 12.0. The van der Waals surface area contributed by atoms with E-state index in [-0.39, 0.29) is 0 Å². The second-order valence-corrected chi connectivity index (χ2v) is 6.75. The number of hydrogen-bond donors (Lipinski definition) is 2. The number of ether oxygens (including phenoxy) is 2. The van der Waals surface area contributed by atoms with Crippen LogP contribution in [0.5, 0.6) is 5.75 Å². The third-order valence-electron chi connectivity index (χ3n) is 3.88. The molecule has 1 aliphatic rings. The van der Waals surface area contributed by atoms with E-state index >= 15 is 0 Å². The normalized spacial score (nSPS) is 13.8. The highest BCUT2D eigenvalue weighted by molar-refractivity contribution is 7.13. The lowest BCUT2D eigenvalue weighted by atomic mass is 10.0. The van der Waals surface area contributed by atoms with Crippen LogP contribution < -0.4 is 10.1 Å². The van der Waals surface area contributed by atoms with Crippen molar-refractivity contribution in [2.45, 2.75) is 26.0 Å². The van der Waals surface area contributed by atoms with Gasteiger partial charge in [-0.25, -0.2) is 9.78 Å². The van der Waals surface area contributed by atoms with E-state index in [4.69, 9.17) is 9.47 Å². The van der Waals surface area contributed by atoms with Crippen molar-refractivity contribution < 1.29 is 24.2 Å². The lowest BCUT2D eigenvalue weighted by Gasteiger charge is -2.15. The van der Waals surface area contributed by atoms with Gasteiger partial charge in [0.1, 0.15) is 15.6 Å². The van der Waals surface area contributed by atoms with Crippen molar-refractivity contribution in [3.8, 4) is 5.75 Å². The van der Waals surface area contributed by atoms with Gasteiger partial charge in [0.25, 0.3) is 5.91 Å². The molecule has 1 aromatic heterocycles. The first kappa shape index (κ1) is 17.4. The molecule has 1 amide bonds. The van der Waals surface area contributed by atoms with Gasteiger partial charge in [0.05, 0.1) is 18.9 Å². The molecular weight excluding hydrogens is 344 g/mol. The molecule has 0 radical (unpaired) electrons. The molecule has 7 nitrogen and oxygen atoms in total. The number of fused-ring (bicyclic) bond motifs is 1. The maximum Gasteiger partial charge on any atom is 0.330 e. The zero-order chi connectivity index (χ0) is 18.0. The van der Waals surface area contributed by atoms with Crippen LogP contribution in [0.1, 0.15) is 37.5 Å². The lowest BCUT2D eigenvalue weighted by molar-refractivity contribution is -0.139. The Morgan fingerprint density at radius 1 is 1.48 bits per heavy atom. The van der Waals surface area contributed by atoms with E-state index in [2.05, 4.69) is 10.3 Å². The van der Waals surface area contributed by atoms with E-state index in [1.165, 1.54) is 11.3 Å². The number of carbonyl (C=O) groups excluding carboxylic acids is 1. The van der Waals surface area contributed by atoms with Crippen molar-refractivity contribution in [3.63, 3.8) is 0 Å². The van der Waals surface area contributed by atoms with Gasteiger partial charge < -0.3 is 19.9 Å². The minimum absolute atomic E-state index is 0.311. The number of nitrogens with one attached hydrogen (secondary N) is 1. The summed E-state index contributed by atoms with van der Waals surface area (Å²) < 4.78 is 10.4. The Bertz CT molecular complexity index is 817. The van der Waals surface area contributed by atoms with E-state index in [0.717, 1.165) is 17.7 Å². The van der Waals surface area contributed by atoms with Crippen LogP contribution in [0.15, 0.2) is 18.2 Å². The summed E-state index contributed by atoms with van der Waals surface area (Å²) in [6.07, 6.45) is 0.734. The fourth-order valence-electron chi connectivity index (χ4n) is 2.72. The number of nitrogens with zero attached hydrogens (tertiary/aromatic N) is 1. The molecule has 0 saturated heterocycles. The number of benzene rings is 1. The van der Waals surface area contributed by atoms with Crippen molar-refractivity contribution in [2.24, 2.45) is 0 Å². The number of thiazole rings is 1. The van der Waals surface area contributed by atoms with Crippen LogP contribution in [-0.2, 0) is 22.6 Å². The summed E-state index contributed by atoms with van der Waals surface area (Å²) in [7, 11) is 1.55. The Kier molecular flexibility index (Phi) is 5.00. The van der Waals surface area contributed by atoms with Crippen molar-refractivity contribution in [3.05, 3.63) is 44.9 Å². The Balaban J connectivity index is 1.82. The predicted octanol–water partition coefficient (Wildman–Crippen LogP) is 2.09. The SMILES string of the molecule is COCc1nc(C)c(C(=O)NC(C(=O)O)c2ccc3c(c2)CCO3)s1. The number of amides is 1. The molecule has 0 bridgehead atoms. The molecule has 1 aromatic carbocycles. The van der Waals surface area contributed by atoms with Crippen LogP contribution in [0.4, 0.5) is 0 Å². The maximum atomic E-state index is 12.5. The highest BCUT2D eigenvalue weighted by Crippen LogP contribution is 2.29. The van der Waals surface area contributed by atoms with Gasteiger partial charge in [-0.2, -0.15) is 0 Å². The molecule has 2 N–H and O–H groups in total. The number of aryl methyl sites for hydroxylation is 1. The average Bonchev–Trinajstić information content (AvgIpc) is 3.18. The first-order valence-corrected chi connectivity index (χ1v) is 8.55. The monoisotopic (exact) mass is 362 g/mol. The van der Waals surface area contributed by atoms with Gasteiger partial charge in [-0.05, 0) is 30.2 Å². The van der Waals surface area contributed by atoms with Crippen molar-refractivity contribution in [2.75, 3.05) is 13.7 Å². The van der Waals surface area contributed by atoms with Crippen LogP contribution in [0.3, 0.4) is 0 Å².